The van der Waals surface area contributed by atoms with Gasteiger partial charge >= 0.3 is 6.03 Å². The Bertz CT molecular complexity index is 664. The first kappa shape index (κ1) is 17.2. The second-order valence-electron chi connectivity index (χ2n) is 6.15. The van der Waals surface area contributed by atoms with Crippen molar-refractivity contribution in [3.8, 4) is 0 Å². The zero-order chi connectivity index (χ0) is 17.8. The van der Waals surface area contributed by atoms with E-state index in [4.69, 9.17) is 5.11 Å². The summed E-state index contributed by atoms with van der Waals surface area (Å²) in [7, 11) is 1.64. The van der Waals surface area contributed by atoms with Crippen molar-refractivity contribution in [2.45, 2.75) is 25.0 Å². The number of aliphatic hydroxyl groups is 1. The number of guanidine groups is 1. The van der Waals surface area contributed by atoms with Gasteiger partial charge in [0.2, 0.25) is 0 Å². The molecule has 0 aromatic heterocycles. The Labute approximate surface area is 146 Å². The molecule has 0 saturated carbocycles. The largest absolute Gasteiger partial charge is 0.394 e. The van der Waals surface area contributed by atoms with E-state index in [1.807, 2.05) is 23.1 Å². The second kappa shape index (κ2) is 7.52. The second-order valence-corrected chi connectivity index (χ2v) is 6.15. The quantitative estimate of drug-likeness (QED) is 0.661. The first-order valence-corrected chi connectivity index (χ1v) is 8.42. The molecule has 2 atom stereocenters. The van der Waals surface area contributed by atoms with Gasteiger partial charge in [-0.2, -0.15) is 0 Å². The van der Waals surface area contributed by atoms with E-state index < -0.39 is 18.2 Å². The summed E-state index contributed by atoms with van der Waals surface area (Å²) < 4.78 is 0. The average Bonchev–Trinajstić information content (AvgIpc) is 2.98. The first-order chi connectivity index (χ1) is 12.1. The molecule has 8 heteroatoms. The lowest BCUT2D eigenvalue weighted by Gasteiger charge is -2.35. The molecule has 2 aliphatic heterocycles. The number of hydrogen-bond donors (Lipinski definition) is 3. The van der Waals surface area contributed by atoms with Gasteiger partial charge in [-0.1, -0.05) is 30.3 Å². The number of rotatable bonds is 6. The maximum absolute atomic E-state index is 12.3. The fraction of sp³-hybridized carbons (Fsp3) is 0.471. The maximum Gasteiger partial charge on any atom is 0.325 e. The van der Waals surface area contributed by atoms with Crippen LogP contribution < -0.4 is 10.6 Å². The van der Waals surface area contributed by atoms with Gasteiger partial charge in [-0.15, -0.1) is 0 Å². The smallest absolute Gasteiger partial charge is 0.325 e. The third-order valence-electron chi connectivity index (χ3n) is 4.49. The summed E-state index contributed by atoms with van der Waals surface area (Å²) in [6.45, 7) is 0.804. The highest BCUT2D eigenvalue weighted by Gasteiger charge is 2.49. The number of carbonyl (C=O) groups is 2. The molecule has 0 spiro atoms. The Morgan fingerprint density at radius 3 is 2.72 bits per heavy atom. The molecule has 3 N–H and O–H groups in total. The molecule has 0 aliphatic carbocycles. The van der Waals surface area contributed by atoms with Crippen LogP contribution in [0, 0.1) is 0 Å². The van der Waals surface area contributed by atoms with Gasteiger partial charge < -0.3 is 20.2 Å². The van der Waals surface area contributed by atoms with Crippen LogP contribution in [0.15, 0.2) is 35.3 Å². The van der Waals surface area contributed by atoms with Gasteiger partial charge in [-0.25, -0.2) is 4.79 Å². The number of urea groups is 1. The molecule has 1 aromatic rings. The van der Waals surface area contributed by atoms with Gasteiger partial charge in [0.05, 0.1) is 13.2 Å². The van der Waals surface area contributed by atoms with E-state index >= 15 is 0 Å². The molecule has 0 radical (unpaired) electrons. The van der Waals surface area contributed by atoms with Crippen molar-refractivity contribution in [2.24, 2.45) is 4.99 Å². The lowest BCUT2D eigenvalue weighted by molar-refractivity contribution is -0.127. The van der Waals surface area contributed by atoms with E-state index in [1.54, 1.807) is 7.05 Å². The predicted octanol–water partition coefficient (Wildman–Crippen LogP) is -0.251. The number of imide groups is 1. The molecule has 2 unspecified atom stereocenters. The summed E-state index contributed by atoms with van der Waals surface area (Å²) in [5.41, 5.74) is 1.24. The van der Waals surface area contributed by atoms with Gasteiger partial charge in [0.15, 0.2) is 12.0 Å². The number of aryl methyl sites for hydroxylation is 1. The van der Waals surface area contributed by atoms with Crippen molar-refractivity contribution in [2.75, 3.05) is 26.7 Å². The van der Waals surface area contributed by atoms with Crippen LogP contribution >= 0.6 is 0 Å². The number of fused-ring (bicyclic) bond motifs is 1. The van der Waals surface area contributed by atoms with Crippen LogP contribution in [0.1, 0.15) is 12.0 Å². The normalized spacial score (nSPS) is 24.3. The van der Waals surface area contributed by atoms with E-state index in [2.05, 4.69) is 27.8 Å². The van der Waals surface area contributed by atoms with Gasteiger partial charge in [0.25, 0.3) is 5.91 Å². The number of aliphatic hydroxyl groups excluding tert-OH is 1. The molecule has 2 heterocycles. The van der Waals surface area contributed by atoms with Crippen molar-refractivity contribution < 1.29 is 14.7 Å². The number of hydrogen-bond acceptors (Lipinski definition) is 4. The van der Waals surface area contributed by atoms with Crippen molar-refractivity contribution in [3.05, 3.63) is 35.9 Å². The standard InChI is InChI=1S/C17H23N5O3/c1-21-14-13(15(24)20-17(21)25)22(16(19-14)18-9-11-23)10-5-8-12-6-3-2-4-7-12/h2-4,6-7,13-14,23H,5,8-11H2,1H3,(H,18,19)(H,20,24,25). The van der Waals surface area contributed by atoms with Crippen LogP contribution in [0.3, 0.4) is 0 Å². The summed E-state index contributed by atoms with van der Waals surface area (Å²) in [4.78, 5) is 31.9. The highest BCUT2D eigenvalue weighted by molar-refractivity contribution is 6.04. The molecular formula is C17H23N5O3. The zero-order valence-electron chi connectivity index (χ0n) is 14.2. The molecule has 25 heavy (non-hydrogen) atoms. The van der Waals surface area contributed by atoms with Crippen LogP contribution in [0.25, 0.3) is 0 Å². The fourth-order valence-electron chi connectivity index (χ4n) is 3.22. The number of benzene rings is 1. The predicted molar refractivity (Wildman–Crippen MR) is 92.9 cm³/mol. The third kappa shape index (κ3) is 3.58. The van der Waals surface area contributed by atoms with Crippen LogP contribution in [0.2, 0.25) is 0 Å². The van der Waals surface area contributed by atoms with E-state index in [0.717, 1.165) is 12.8 Å². The summed E-state index contributed by atoms with van der Waals surface area (Å²) in [5.74, 6) is 0.225. The average molecular weight is 345 g/mol. The lowest BCUT2D eigenvalue weighted by atomic mass is 10.1. The molecule has 0 bridgehead atoms. The fourth-order valence-corrected chi connectivity index (χ4v) is 3.22. The molecule has 1 aromatic carbocycles. The van der Waals surface area contributed by atoms with Gasteiger partial charge in [-0.05, 0) is 18.4 Å². The molecule has 3 rings (SSSR count). The Kier molecular flexibility index (Phi) is 5.18. The summed E-state index contributed by atoms with van der Waals surface area (Å²) in [6.07, 6.45) is 1.28. The van der Waals surface area contributed by atoms with E-state index in [-0.39, 0.29) is 19.1 Å². The molecule has 2 saturated heterocycles. The van der Waals surface area contributed by atoms with Crippen molar-refractivity contribution in [1.82, 2.24) is 20.4 Å². The third-order valence-corrected chi connectivity index (χ3v) is 4.49. The van der Waals surface area contributed by atoms with Crippen LogP contribution in [-0.4, -0.2) is 71.8 Å². The minimum atomic E-state index is -0.518. The van der Waals surface area contributed by atoms with Crippen LogP contribution in [0.4, 0.5) is 4.79 Å². The minimum absolute atomic E-state index is 0.0701. The van der Waals surface area contributed by atoms with Gasteiger partial charge in [0, 0.05) is 13.6 Å². The number of carbonyl (C=O) groups excluding carboxylic acids is 2. The van der Waals surface area contributed by atoms with Gasteiger partial charge in [-0.3, -0.25) is 15.1 Å². The minimum Gasteiger partial charge on any atom is -0.394 e. The molecule has 2 aliphatic rings. The van der Waals surface area contributed by atoms with E-state index in [0.29, 0.717) is 12.5 Å². The lowest BCUT2D eigenvalue weighted by Crippen LogP contribution is -2.64. The Morgan fingerprint density at radius 1 is 1.24 bits per heavy atom. The number of nitrogens with zero attached hydrogens (tertiary/aromatic N) is 3. The van der Waals surface area contributed by atoms with Crippen molar-refractivity contribution >= 4 is 17.9 Å². The highest BCUT2D eigenvalue weighted by atomic mass is 16.3. The van der Waals surface area contributed by atoms with Crippen LogP contribution in [-0.2, 0) is 11.2 Å². The summed E-state index contributed by atoms with van der Waals surface area (Å²) >= 11 is 0. The van der Waals surface area contributed by atoms with Crippen LogP contribution in [0.5, 0.6) is 0 Å². The van der Waals surface area contributed by atoms with E-state index in [1.165, 1.54) is 10.5 Å². The highest BCUT2D eigenvalue weighted by Crippen LogP contribution is 2.21. The molecular weight excluding hydrogens is 322 g/mol. The number of amides is 3. The van der Waals surface area contributed by atoms with Gasteiger partial charge in [0.1, 0.15) is 6.17 Å². The number of likely N-dealkylation sites (N-methyl/N-ethyl adjacent to an activating group) is 1. The molecule has 134 valence electrons. The Morgan fingerprint density at radius 2 is 2.00 bits per heavy atom. The summed E-state index contributed by atoms with van der Waals surface area (Å²) in [5, 5.41) is 14.6. The van der Waals surface area contributed by atoms with Crippen molar-refractivity contribution in [1.29, 1.82) is 0 Å². The Hall–Kier alpha value is -2.61. The van der Waals surface area contributed by atoms with E-state index in [9.17, 15) is 9.59 Å². The molecule has 2 fully saturated rings. The number of nitrogens with one attached hydrogen (secondary N) is 2. The molecule has 8 nitrogen and oxygen atoms in total. The molecule has 3 amide bonds. The SMILES string of the molecule is CN1C(=O)NC(=O)C2C1NC(=NCCO)N2CCCc1ccccc1. The summed E-state index contributed by atoms with van der Waals surface area (Å²) in [6, 6.07) is 9.20. The first-order valence-electron chi connectivity index (χ1n) is 8.42. The Balaban J connectivity index is 1.73. The monoisotopic (exact) mass is 345 g/mol. The van der Waals surface area contributed by atoms with Crippen molar-refractivity contribution in [3.63, 3.8) is 0 Å². The maximum atomic E-state index is 12.3. The topological polar surface area (TPSA) is 97.3 Å². The number of aliphatic imine (C=N–C) groups is 1. The zero-order valence-corrected chi connectivity index (χ0v) is 14.2.